The molecular weight excluding hydrogens is 499 g/mol. The summed E-state index contributed by atoms with van der Waals surface area (Å²) in [5, 5.41) is 9.33. The first-order valence-electron chi connectivity index (χ1n) is 12.3. The van der Waals surface area contributed by atoms with Crippen LogP contribution in [0.25, 0.3) is 0 Å². The molecular formula is C28H24F3N3O4. The second kappa shape index (κ2) is 10.6. The molecule has 1 aliphatic heterocycles. The monoisotopic (exact) mass is 523 g/mol. The van der Waals surface area contributed by atoms with Crippen LogP contribution in [-0.4, -0.2) is 30.1 Å². The average molecular weight is 524 g/mol. The highest BCUT2D eigenvalue weighted by Crippen LogP contribution is 2.47. The van der Waals surface area contributed by atoms with E-state index in [2.05, 4.69) is 4.98 Å². The molecule has 1 saturated carbocycles. The van der Waals surface area contributed by atoms with Gasteiger partial charge in [-0.3, -0.25) is 4.79 Å². The van der Waals surface area contributed by atoms with Crippen LogP contribution in [0.1, 0.15) is 30.9 Å². The van der Waals surface area contributed by atoms with Gasteiger partial charge >= 0.3 is 5.97 Å². The van der Waals surface area contributed by atoms with Gasteiger partial charge in [-0.05, 0) is 43.4 Å². The molecule has 3 unspecified atom stereocenters. The minimum atomic E-state index is -1.55. The van der Waals surface area contributed by atoms with E-state index in [0.29, 0.717) is 12.8 Å². The third kappa shape index (κ3) is 4.84. The highest BCUT2D eigenvalue weighted by molar-refractivity contribution is 5.75. The average Bonchev–Trinajstić information content (AvgIpc) is 3.53. The fourth-order valence-electron chi connectivity index (χ4n) is 5.20. The van der Waals surface area contributed by atoms with E-state index >= 15 is 4.39 Å². The van der Waals surface area contributed by atoms with Crippen molar-refractivity contribution >= 4 is 11.7 Å². The van der Waals surface area contributed by atoms with E-state index in [0.717, 1.165) is 5.56 Å². The van der Waals surface area contributed by atoms with E-state index in [1.165, 1.54) is 23.1 Å². The Hall–Kier alpha value is -4.26. The summed E-state index contributed by atoms with van der Waals surface area (Å²) >= 11 is 0. The topological polar surface area (TPSA) is 84.7 Å². The first kappa shape index (κ1) is 25.4. The van der Waals surface area contributed by atoms with Crippen molar-refractivity contribution in [3.8, 4) is 23.4 Å². The Labute approximate surface area is 217 Å². The molecule has 0 N–H and O–H groups in total. The van der Waals surface area contributed by atoms with E-state index in [1.54, 1.807) is 6.92 Å². The SMILES string of the molecule is CCOC(=O)C1CC2CC1N(c1c(F)c(F)nc(Oc3cc(C#N)ccc3OCc3ccccc3)c1F)C2. The number of esters is 1. The van der Waals surface area contributed by atoms with Gasteiger partial charge in [0.25, 0.3) is 11.8 Å². The normalized spacial score (nSPS) is 19.8. The number of aromatic nitrogens is 1. The maximum atomic E-state index is 15.8. The molecule has 7 nitrogen and oxygen atoms in total. The molecule has 3 aromatic rings. The van der Waals surface area contributed by atoms with Gasteiger partial charge in [0.05, 0.1) is 24.2 Å². The van der Waals surface area contributed by atoms with Crippen LogP contribution >= 0.6 is 0 Å². The fourth-order valence-corrected chi connectivity index (χ4v) is 5.20. The number of piperidine rings is 1. The lowest BCUT2D eigenvalue weighted by Gasteiger charge is -2.34. The molecule has 1 aromatic heterocycles. The molecule has 2 heterocycles. The van der Waals surface area contributed by atoms with Crippen molar-refractivity contribution in [2.75, 3.05) is 18.1 Å². The Morgan fingerprint density at radius 1 is 1.11 bits per heavy atom. The van der Waals surface area contributed by atoms with Crippen molar-refractivity contribution in [1.29, 1.82) is 5.26 Å². The number of anilines is 1. The van der Waals surface area contributed by atoms with Crippen LogP contribution < -0.4 is 14.4 Å². The predicted octanol–water partition coefficient (Wildman–Crippen LogP) is 5.52. The van der Waals surface area contributed by atoms with Crippen molar-refractivity contribution in [2.45, 2.75) is 32.4 Å². The van der Waals surface area contributed by atoms with Crippen LogP contribution in [0.3, 0.4) is 0 Å². The van der Waals surface area contributed by atoms with E-state index in [4.69, 9.17) is 14.2 Å². The summed E-state index contributed by atoms with van der Waals surface area (Å²) in [5.41, 5.74) is 0.393. The third-order valence-corrected chi connectivity index (χ3v) is 6.86. The van der Waals surface area contributed by atoms with E-state index < -0.39 is 47.1 Å². The Kier molecular flexibility index (Phi) is 7.09. The van der Waals surface area contributed by atoms with Crippen LogP contribution in [0, 0.1) is 40.7 Å². The summed E-state index contributed by atoms with van der Waals surface area (Å²) in [4.78, 5) is 17.2. The molecule has 2 aliphatic rings. The lowest BCUT2D eigenvalue weighted by Crippen LogP contribution is -2.43. The van der Waals surface area contributed by atoms with Crippen molar-refractivity contribution in [2.24, 2.45) is 11.8 Å². The van der Waals surface area contributed by atoms with Crippen molar-refractivity contribution in [3.63, 3.8) is 0 Å². The van der Waals surface area contributed by atoms with Crippen LogP contribution in [0.2, 0.25) is 0 Å². The smallest absolute Gasteiger partial charge is 0.311 e. The Bertz CT molecular complexity index is 1400. The zero-order valence-corrected chi connectivity index (χ0v) is 20.5. The number of carbonyl (C=O) groups is 1. The molecule has 2 aromatic carbocycles. The lowest BCUT2D eigenvalue weighted by molar-refractivity contribution is -0.148. The molecule has 10 heteroatoms. The number of halogens is 3. The van der Waals surface area contributed by atoms with E-state index in [-0.39, 0.29) is 42.7 Å². The first-order valence-corrected chi connectivity index (χ1v) is 12.3. The largest absolute Gasteiger partial charge is 0.485 e. The van der Waals surface area contributed by atoms with E-state index in [9.17, 15) is 18.8 Å². The number of pyridine rings is 1. The van der Waals surface area contributed by atoms with Gasteiger partial charge in [0.15, 0.2) is 11.5 Å². The van der Waals surface area contributed by atoms with E-state index in [1.807, 2.05) is 36.4 Å². The number of carbonyl (C=O) groups excluding carboxylic acids is 1. The van der Waals surface area contributed by atoms with Gasteiger partial charge < -0.3 is 19.1 Å². The maximum absolute atomic E-state index is 15.8. The van der Waals surface area contributed by atoms with Crippen molar-refractivity contribution in [1.82, 2.24) is 4.98 Å². The quantitative estimate of drug-likeness (QED) is 0.284. The molecule has 0 radical (unpaired) electrons. The Morgan fingerprint density at radius 3 is 2.61 bits per heavy atom. The molecule has 1 saturated heterocycles. The first-order chi connectivity index (χ1) is 18.4. The van der Waals surface area contributed by atoms with Gasteiger partial charge in [-0.1, -0.05) is 30.3 Å². The second-order valence-electron chi connectivity index (χ2n) is 9.25. The lowest BCUT2D eigenvalue weighted by atomic mass is 9.97. The number of nitrogens with zero attached hydrogens (tertiary/aromatic N) is 3. The number of benzene rings is 2. The zero-order chi connectivity index (χ0) is 26.8. The molecule has 0 spiro atoms. The number of nitriles is 1. The third-order valence-electron chi connectivity index (χ3n) is 6.86. The van der Waals surface area contributed by atoms with Gasteiger partial charge in [0.2, 0.25) is 11.6 Å². The highest BCUT2D eigenvalue weighted by atomic mass is 19.2. The summed E-state index contributed by atoms with van der Waals surface area (Å²) < 4.78 is 62.0. The fraction of sp³-hybridized carbons (Fsp3) is 0.321. The number of ether oxygens (including phenoxy) is 3. The van der Waals surface area contributed by atoms with Gasteiger partial charge in [-0.2, -0.15) is 23.4 Å². The molecule has 2 fully saturated rings. The molecule has 38 heavy (non-hydrogen) atoms. The second-order valence-corrected chi connectivity index (χ2v) is 9.25. The molecule has 3 atom stereocenters. The molecule has 2 bridgehead atoms. The zero-order valence-electron chi connectivity index (χ0n) is 20.5. The van der Waals surface area contributed by atoms with Crippen LogP contribution in [0.5, 0.6) is 17.4 Å². The highest BCUT2D eigenvalue weighted by Gasteiger charge is 2.50. The Morgan fingerprint density at radius 2 is 1.89 bits per heavy atom. The number of hydrogen-bond donors (Lipinski definition) is 0. The summed E-state index contributed by atoms with van der Waals surface area (Å²) in [6, 6.07) is 14.9. The maximum Gasteiger partial charge on any atom is 0.311 e. The number of fused-ring (bicyclic) bond motifs is 2. The number of rotatable bonds is 8. The van der Waals surface area contributed by atoms with Crippen LogP contribution in [0.15, 0.2) is 48.5 Å². The van der Waals surface area contributed by atoms with Crippen LogP contribution in [-0.2, 0) is 16.1 Å². The molecule has 5 rings (SSSR count). The number of hydrogen-bond acceptors (Lipinski definition) is 7. The Balaban J connectivity index is 1.47. The molecule has 0 amide bonds. The minimum absolute atomic E-state index is 0.0131. The van der Waals surface area contributed by atoms with Gasteiger partial charge in [-0.25, -0.2) is 0 Å². The van der Waals surface area contributed by atoms with Gasteiger partial charge in [0, 0.05) is 18.7 Å². The summed E-state index contributed by atoms with van der Waals surface area (Å²) in [5.74, 6) is -5.96. The standard InChI is InChI=1S/C28H24F3N3O4/c1-2-36-28(35)19-10-18-11-20(19)34(14-18)25-23(29)26(31)33-27(24(25)30)38-22-12-17(13-32)8-9-21(22)37-15-16-6-4-3-5-7-16/h3-9,12,18-20H,2,10-11,14-15H2,1H3. The van der Waals surface area contributed by atoms with Gasteiger partial charge in [0.1, 0.15) is 12.3 Å². The van der Waals surface area contributed by atoms with Gasteiger partial charge in [-0.15, -0.1) is 0 Å². The summed E-state index contributed by atoms with van der Waals surface area (Å²) in [7, 11) is 0. The van der Waals surface area contributed by atoms with Crippen LogP contribution in [0.4, 0.5) is 18.9 Å². The van der Waals surface area contributed by atoms with Crippen molar-refractivity contribution in [3.05, 3.63) is 77.2 Å². The molecule has 1 aliphatic carbocycles. The summed E-state index contributed by atoms with van der Waals surface area (Å²) in [6.45, 7) is 2.28. The van der Waals surface area contributed by atoms with Crippen molar-refractivity contribution < 1.29 is 32.2 Å². The minimum Gasteiger partial charge on any atom is -0.485 e. The molecule has 196 valence electrons. The predicted molar refractivity (Wildman–Crippen MR) is 130 cm³/mol. The summed E-state index contributed by atoms with van der Waals surface area (Å²) in [6.07, 6.45) is 1.08.